The first kappa shape index (κ1) is 13.2. The lowest BCUT2D eigenvalue weighted by atomic mass is 10.3. The van der Waals surface area contributed by atoms with Crippen molar-refractivity contribution in [2.75, 3.05) is 5.75 Å². The first-order valence-electron chi connectivity index (χ1n) is 6.86. The molecule has 0 bridgehead atoms. The molecule has 0 atom stereocenters. The number of thioether (sulfide) groups is 1. The summed E-state index contributed by atoms with van der Waals surface area (Å²) in [6, 6.07) is 14.4. The van der Waals surface area contributed by atoms with E-state index in [9.17, 15) is 0 Å². The standard InChI is InChI=1S/C16H17N3S/c1-2-19-15-9-4-3-8-14(15)18-16(19)20-12-10-13-7-5-6-11-17-13/h3-9,11H,2,10,12H2,1H3. The highest BCUT2D eigenvalue weighted by Crippen LogP contribution is 2.24. The minimum absolute atomic E-state index is 0.951. The molecule has 20 heavy (non-hydrogen) atoms. The minimum atomic E-state index is 0.951. The summed E-state index contributed by atoms with van der Waals surface area (Å²) in [7, 11) is 0. The van der Waals surface area contributed by atoms with Gasteiger partial charge in [-0.25, -0.2) is 4.98 Å². The molecule has 0 spiro atoms. The van der Waals surface area contributed by atoms with E-state index in [2.05, 4.69) is 40.7 Å². The second kappa shape index (κ2) is 6.09. The molecule has 0 saturated heterocycles. The first-order valence-corrected chi connectivity index (χ1v) is 7.85. The molecule has 0 amide bonds. The Morgan fingerprint density at radius 1 is 1.10 bits per heavy atom. The fraction of sp³-hybridized carbons (Fsp3) is 0.250. The van der Waals surface area contributed by atoms with Crippen LogP contribution in [0.25, 0.3) is 11.0 Å². The van der Waals surface area contributed by atoms with Crippen LogP contribution in [-0.4, -0.2) is 20.3 Å². The molecular formula is C16H17N3S. The van der Waals surface area contributed by atoms with Gasteiger partial charge in [0.05, 0.1) is 11.0 Å². The molecule has 0 radical (unpaired) electrons. The van der Waals surface area contributed by atoms with Crippen molar-refractivity contribution in [3.05, 3.63) is 54.4 Å². The molecule has 0 N–H and O–H groups in total. The maximum Gasteiger partial charge on any atom is 0.169 e. The van der Waals surface area contributed by atoms with E-state index in [0.29, 0.717) is 0 Å². The largest absolute Gasteiger partial charge is 0.319 e. The summed E-state index contributed by atoms with van der Waals surface area (Å²) in [5, 5.41) is 1.10. The van der Waals surface area contributed by atoms with Gasteiger partial charge in [0, 0.05) is 24.2 Å². The summed E-state index contributed by atoms with van der Waals surface area (Å²) in [5.41, 5.74) is 3.43. The molecule has 0 fully saturated rings. The number of aromatic nitrogens is 3. The Morgan fingerprint density at radius 3 is 2.75 bits per heavy atom. The lowest BCUT2D eigenvalue weighted by Crippen LogP contribution is -1.98. The SMILES string of the molecule is CCn1c(SCCc2ccccn2)nc2ccccc21. The van der Waals surface area contributed by atoms with Crippen LogP contribution in [-0.2, 0) is 13.0 Å². The number of nitrogens with zero attached hydrogens (tertiary/aromatic N) is 3. The summed E-state index contributed by atoms with van der Waals surface area (Å²) >= 11 is 1.80. The molecule has 3 nitrogen and oxygen atoms in total. The van der Waals surface area contributed by atoms with Crippen LogP contribution in [0.3, 0.4) is 0 Å². The lowest BCUT2D eigenvalue weighted by molar-refractivity contribution is 0.702. The van der Waals surface area contributed by atoms with Crippen LogP contribution >= 0.6 is 11.8 Å². The van der Waals surface area contributed by atoms with Crippen molar-refractivity contribution in [3.63, 3.8) is 0 Å². The molecule has 0 saturated carbocycles. The average Bonchev–Trinajstić information content (AvgIpc) is 2.86. The van der Waals surface area contributed by atoms with E-state index < -0.39 is 0 Å². The van der Waals surface area contributed by atoms with Crippen molar-refractivity contribution in [1.29, 1.82) is 0 Å². The van der Waals surface area contributed by atoms with Crippen LogP contribution in [0.1, 0.15) is 12.6 Å². The second-order valence-corrected chi connectivity index (χ2v) is 5.61. The molecule has 3 aromatic rings. The third-order valence-electron chi connectivity index (χ3n) is 3.25. The number of para-hydroxylation sites is 2. The van der Waals surface area contributed by atoms with E-state index in [1.807, 2.05) is 24.4 Å². The number of benzene rings is 1. The minimum Gasteiger partial charge on any atom is -0.319 e. The number of aryl methyl sites for hydroxylation is 2. The van der Waals surface area contributed by atoms with Crippen molar-refractivity contribution in [2.45, 2.75) is 25.0 Å². The predicted octanol–water partition coefficient (Wildman–Crippen LogP) is 3.79. The van der Waals surface area contributed by atoms with Gasteiger partial charge in [-0.3, -0.25) is 4.98 Å². The maximum atomic E-state index is 4.72. The summed E-state index contributed by atoms with van der Waals surface area (Å²) < 4.78 is 2.28. The monoisotopic (exact) mass is 283 g/mol. The molecule has 0 aliphatic rings. The highest BCUT2D eigenvalue weighted by molar-refractivity contribution is 7.99. The van der Waals surface area contributed by atoms with Crippen molar-refractivity contribution < 1.29 is 0 Å². The van der Waals surface area contributed by atoms with Crippen LogP contribution in [0.2, 0.25) is 0 Å². The Balaban J connectivity index is 1.74. The van der Waals surface area contributed by atoms with Gasteiger partial charge in [0.1, 0.15) is 0 Å². The first-order chi connectivity index (χ1) is 9.88. The fourth-order valence-corrected chi connectivity index (χ4v) is 3.30. The Hall–Kier alpha value is -1.81. The molecule has 2 heterocycles. The van der Waals surface area contributed by atoms with Crippen molar-refractivity contribution in [1.82, 2.24) is 14.5 Å². The van der Waals surface area contributed by atoms with E-state index in [1.54, 1.807) is 11.8 Å². The van der Waals surface area contributed by atoms with Gasteiger partial charge < -0.3 is 4.57 Å². The normalized spacial score (nSPS) is 11.1. The van der Waals surface area contributed by atoms with Gasteiger partial charge in [0.15, 0.2) is 5.16 Å². The van der Waals surface area contributed by atoms with Crippen molar-refractivity contribution >= 4 is 22.8 Å². The number of hydrogen-bond donors (Lipinski definition) is 0. The summed E-state index contributed by atoms with van der Waals surface area (Å²) in [4.78, 5) is 9.07. The Kier molecular flexibility index (Phi) is 4.02. The van der Waals surface area contributed by atoms with Gasteiger partial charge in [-0.15, -0.1) is 0 Å². The van der Waals surface area contributed by atoms with Gasteiger partial charge in [0.2, 0.25) is 0 Å². The van der Waals surface area contributed by atoms with E-state index in [-0.39, 0.29) is 0 Å². The molecule has 1 aromatic carbocycles. The smallest absolute Gasteiger partial charge is 0.169 e. The Bertz CT molecular complexity index is 691. The van der Waals surface area contributed by atoms with E-state index in [1.165, 1.54) is 5.52 Å². The highest BCUT2D eigenvalue weighted by atomic mass is 32.2. The summed E-state index contributed by atoms with van der Waals surface area (Å²) in [6.45, 7) is 3.11. The van der Waals surface area contributed by atoms with Crippen LogP contribution < -0.4 is 0 Å². The number of fused-ring (bicyclic) bond motifs is 1. The van der Waals surface area contributed by atoms with Crippen molar-refractivity contribution in [2.24, 2.45) is 0 Å². The van der Waals surface area contributed by atoms with Crippen LogP contribution in [0, 0.1) is 0 Å². The van der Waals surface area contributed by atoms with Gasteiger partial charge in [0.25, 0.3) is 0 Å². The quantitative estimate of drug-likeness (QED) is 0.668. The third-order valence-corrected chi connectivity index (χ3v) is 4.23. The average molecular weight is 283 g/mol. The Morgan fingerprint density at radius 2 is 1.95 bits per heavy atom. The van der Waals surface area contributed by atoms with Gasteiger partial charge in [-0.05, 0) is 37.6 Å². The van der Waals surface area contributed by atoms with E-state index >= 15 is 0 Å². The van der Waals surface area contributed by atoms with Crippen molar-refractivity contribution in [3.8, 4) is 0 Å². The van der Waals surface area contributed by atoms with E-state index in [4.69, 9.17) is 4.98 Å². The van der Waals surface area contributed by atoms with Crippen LogP contribution in [0.15, 0.2) is 53.8 Å². The molecule has 0 aliphatic heterocycles. The molecule has 4 heteroatoms. The van der Waals surface area contributed by atoms with E-state index in [0.717, 1.165) is 35.1 Å². The number of hydrogen-bond acceptors (Lipinski definition) is 3. The number of imidazole rings is 1. The zero-order chi connectivity index (χ0) is 13.8. The van der Waals surface area contributed by atoms with Crippen LogP contribution in [0.4, 0.5) is 0 Å². The molecule has 0 unspecified atom stereocenters. The van der Waals surface area contributed by atoms with Gasteiger partial charge in [-0.2, -0.15) is 0 Å². The summed E-state index contributed by atoms with van der Waals surface area (Å²) in [5.74, 6) is 1.00. The predicted molar refractivity (Wildman–Crippen MR) is 84.1 cm³/mol. The molecule has 0 aliphatic carbocycles. The second-order valence-electron chi connectivity index (χ2n) is 4.55. The maximum absolute atomic E-state index is 4.72. The zero-order valence-corrected chi connectivity index (χ0v) is 12.3. The molecule has 102 valence electrons. The number of pyridine rings is 1. The van der Waals surface area contributed by atoms with Crippen LogP contribution in [0.5, 0.6) is 0 Å². The highest BCUT2D eigenvalue weighted by Gasteiger charge is 2.09. The van der Waals surface area contributed by atoms with Gasteiger partial charge in [-0.1, -0.05) is 30.0 Å². The summed E-state index contributed by atoms with van der Waals surface area (Å²) in [6.07, 6.45) is 2.82. The van der Waals surface area contributed by atoms with Gasteiger partial charge >= 0.3 is 0 Å². The third kappa shape index (κ3) is 2.70. The number of rotatable bonds is 5. The molecular weight excluding hydrogens is 266 g/mol. The Labute approximate surface area is 123 Å². The molecule has 3 rings (SSSR count). The topological polar surface area (TPSA) is 30.7 Å². The lowest BCUT2D eigenvalue weighted by Gasteiger charge is -2.05. The fourth-order valence-electron chi connectivity index (χ4n) is 2.26. The zero-order valence-electron chi connectivity index (χ0n) is 11.5. The molecule has 2 aromatic heterocycles.